The molecule has 1 aliphatic rings. The van der Waals surface area contributed by atoms with Gasteiger partial charge in [0.1, 0.15) is 10.5 Å². The van der Waals surface area contributed by atoms with Crippen molar-refractivity contribution in [3.8, 4) is 0 Å². The highest BCUT2D eigenvalue weighted by Crippen LogP contribution is 2.35. The molecule has 1 atom stereocenters. The second kappa shape index (κ2) is 8.19. The summed E-state index contributed by atoms with van der Waals surface area (Å²) in [7, 11) is 1.66. The summed E-state index contributed by atoms with van der Waals surface area (Å²) >= 11 is 2.73. The molecular formula is C20H20N4O4S2. The third-order valence-electron chi connectivity index (χ3n) is 5.17. The van der Waals surface area contributed by atoms with Gasteiger partial charge >= 0.3 is 0 Å². The fourth-order valence-electron chi connectivity index (χ4n) is 3.56. The van der Waals surface area contributed by atoms with Crippen molar-refractivity contribution in [1.29, 1.82) is 0 Å². The van der Waals surface area contributed by atoms with Gasteiger partial charge < -0.3 is 5.32 Å². The van der Waals surface area contributed by atoms with Gasteiger partial charge in [-0.05, 0) is 44.2 Å². The van der Waals surface area contributed by atoms with Crippen molar-refractivity contribution in [3.63, 3.8) is 0 Å². The minimum Gasteiger partial charge on any atom is -0.319 e. The Morgan fingerprint density at radius 3 is 2.83 bits per heavy atom. The molecule has 10 heteroatoms. The molecular weight excluding hydrogens is 424 g/mol. The first-order chi connectivity index (χ1) is 14.4. The van der Waals surface area contributed by atoms with Gasteiger partial charge in [0.2, 0.25) is 5.91 Å². The Labute approximate surface area is 180 Å². The van der Waals surface area contributed by atoms with Gasteiger partial charge in [-0.3, -0.25) is 24.3 Å². The number of amides is 1. The lowest BCUT2D eigenvalue weighted by molar-refractivity contribution is -0.383. The number of para-hydroxylation sites is 2. The highest BCUT2D eigenvalue weighted by Gasteiger charge is 2.24. The summed E-state index contributed by atoms with van der Waals surface area (Å²) in [5.41, 5.74) is 1.02. The van der Waals surface area contributed by atoms with Crippen molar-refractivity contribution >= 4 is 50.6 Å². The molecule has 30 heavy (non-hydrogen) atoms. The molecule has 1 aliphatic carbocycles. The molecule has 0 saturated carbocycles. The number of nitrogens with one attached hydrogen (secondary N) is 1. The van der Waals surface area contributed by atoms with E-state index >= 15 is 0 Å². The molecule has 1 N–H and O–H groups in total. The summed E-state index contributed by atoms with van der Waals surface area (Å²) in [6.07, 6.45) is 4.11. The van der Waals surface area contributed by atoms with Gasteiger partial charge in [-0.15, -0.1) is 11.3 Å². The molecule has 1 amide bonds. The number of nitrogens with zero attached hydrogens (tertiary/aromatic N) is 3. The second-order valence-electron chi connectivity index (χ2n) is 7.17. The molecule has 0 fully saturated rings. The Morgan fingerprint density at radius 2 is 2.07 bits per heavy atom. The molecule has 0 spiro atoms. The van der Waals surface area contributed by atoms with E-state index in [1.807, 2.05) is 0 Å². The van der Waals surface area contributed by atoms with E-state index in [1.54, 1.807) is 37.4 Å². The van der Waals surface area contributed by atoms with Crippen molar-refractivity contribution in [2.45, 2.75) is 43.0 Å². The van der Waals surface area contributed by atoms with Crippen LogP contribution < -0.4 is 10.9 Å². The Hall–Kier alpha value is -2.72. The van der Waals surface area contributed by atoms with Crippen LogP contribution in [-0.2, 0) is 24.7 Å². The van der Waals surface area contributed by atoms with Gasteiger partial charge in [0.05, 0.1) is 15.6 Å². The number of nitro groups is 1. The van der Waals surface area contributed by atoms with Crippen LogP contribution in [0.3, 0.4) is 0 Å². The van der Waals surface area contributed by atoms with Crippen molar-refractivity contribution in [2.75, 3.05) is 5.32 Å². The SMILES string of the molecule is CC(Sc1nc2sc3c(c2c(=O)n1C)CCCC3)C(=O)Nc1ccccc1[N+](=O)[O-]. The van der Waals surface area contributed by atoms with E-state index in [9.17, 15) is 19.7 Å². The summed E-state index contributed by atoms with van der Waals surface area (Å²) < 4.78 is 1.49. The molecule has 2 aromatic heterocycles. The molecule has 156 valence electrons. The smallest absolute Gasteiger partial charge is 0.292 e. The van der Waals surface area contributed by atoms with Crippen LogP contribution in [-0.4, -0.2) is 25.6 Å². The van der Waals surface area contributed by atoms with Crippen LogP contribution in [0.15, 0.2) is 34.2 Å². The van der Waals surface area contributed by atoms with Gasteiger partial charge in [0, 0.05) is 18.0 Å². The lowest BCUT2D eigenvalue weighted by Gasteiger charge is -2.14. The van der Waals surface area contributed by atoms with Gasteiger partial charge in [-0.1, -0.05) is 23.9 Å². The molecule has 1 aromatic carbocycles. The van der Waals surface area contributed by atoms with E-state index in [-0.39, 0.29) is 16.9 Å². The van der Waals surface area contributed by atoms with E-state index in [4.69, 9.17) is 0 Å². The summed E-state index contributed by atoms with van der Waals surface area (Å²) in [6, 6.07) is 5.99. The topological polar surface area (TPSA) is 107 Å². The zero-order chi connectivity index (χ0) is 21.4. The first-order valence-electron chi connectivity index (χ1n) is 9.59. The minimum absolute atomic E-state index is 0.0896. The number of rotatable bonds is 5. The van der Waals surface area contributed by atoms with E-state index in [1.165, 1.54) is 21.6 Å². The third-order valence-corrected chi connectivity index (χ3v) is 7.49. The monoisotopic (exact) mass is 444 g/mol. The number of hydrogen-bond acceptors (Lipinski definition) is 7. The number of aryl methyl sites for hydroxylation is 2. The van der Waals surface area contributed by atoms with Crippen molar-refractivity contribution in [3.05, 3.63) is 55.2 Å². The lowest BCUT2D eigenvalue weighted by Crippen LogP contribution is -2.26. The van der Waals surface area contributed by atoms with Crippen LogP contribution in [0.1, 0.15) is 30.2 Å². The minimum atomic E-state index is -0.602. The standard InChI is InChI=1S/C20H20N4O4S2/c1-11(17(25)21-13-8-4-5-9-14(13)24(27)28)29-20-22-18-16(19(26)23(20)2)12-7-3-6-10-15(12)30-18/h4-5,8-9,11H,3,6-7,10H2,1-2H3,(H,21,25). The number of benzene rings is 1. The Morgan fingerprint density at radius 1 is 1.33 bits per heavy atom. The van der Waals surface area contributed by atoms with E-state index in [0.29, 0.717) is 10.5 Å². The van der Waals surface area contributed by atoms with Crippen molar-refractivity contribution in [1.82, 2.24) is 9.55 Å². The average Bonchev–Trinajstić information content (AvgIpc) is 3.10. The predicted molar refractivity (Wildman–Crippen MR) is 119 cm³/mol. The van der Waals surface area contributed by atoms with E-state index in [2.05, 4.69) is 10.3 Å². The molecule has 0 saturated heterocycles. The average molecular weight is 445 g/mol. The van der Waals surface area contributed by atoms with Crippen LogP contribution in [0.2, 0.25) is 0 Å². The Bertz CT molecular complexity index is 1220. The fourth-order valence-corrected chi connectivity index (χ4v) is 5.73. The number of nitro benzene ring substituents is 1. The summed E-state index contributed by atoms with van der Waals surface area (Å²) in [5, 5.41) is 14.3. The quantitative estimate of drug-likeness (QED) is 0.277. The van der Waals surface area contributed by atoms with Gasteiger partial charge in [-0.2, -0.15) is 0 Å². The fraction of sp³-hybridized carbons (Fsp3) is 0.350. The second-order valence-corrected chi connectivity index (χ2v) is 9.56. The van der Waals surface area contributed by atoms with Crippen molar-refractivity contribution < 1.29 is 9.72 Å². The van der Waals surface area contributed by atoms with Crippen LogP contribution in [0.4, 0.5) is 11.4 Å². The Balaban J connectivity index is 1.59. The largest absolute Gasteiger partial charge is 0.319 e. The number of thioether (sulfide) groups is 1. The van der Waals surface area contributed by atoms with E-state index in [0.717, 1.165) is 47.8 Å². The lowest BCUT2D eigenvalue weighted by atomic mass is 9.97. The molecule has 1 unspecified atom stereocenters. The highest BCUT2D eigenvalue weighted by molar-refractivity contribution is 8.00. The predicted octanol–water partition coefficient (Wildman–Crippen LogP) is 3.90. The molecule has 3 aromatic rings. The number of fused-ring (bicyclic) bond motifs is 3. The van der Waals surface area contributed by atoms with Crippen molar-refractivity contribution in [2.24, 2.45) is 7.05 Å². The zero-order valence-corrected chi connectivity index (χ0v) is 18.1. The summed E-state index contributed by atoms with van der Waals surface area (Å²) in [4.78, 5) is 42.9. The maximum Gasteiger partial charge on any atom is 0.292 e. The number of hydrogen-bond donors (Lipinski definition) is 1. The van der Waals surface area contributed by atoms with Crippen LogP contribution in [0.25, 0.3) is 10.2 Å². The summed E-state index contributed by atoms with van der Waals surface area (Å²) in [5.74, 6) is -0.394. The number of anilines is 1. The number of aromatic nitrogens is 2. The molecule has 4 rings (SSSR count). The van der Waals surface area contributed by atoms with Gasteiger partial charge in [-0.25, -0.2) is 4.98 Å². The number of carbonyl (C=O) groups excluding carboxylic acids is 1. The first-order valence-corrected chi connectivity index (χ1v) is 11.3. The highest BCUT2D eigenvalue weighted by atomic mass is 32.2. The zero-order valence-electron chi connectivity index (χ0n) is 16.5. The molecule has 0 radical (unpaired) electrons. The molecule has 0 bridgehead atoms. The normalized spacial score (nSPS) is 14.3. The maximum atomic E-state index is 13.0. The summed E-state index contributed by atoms with van der Waals surface area (Å²) in [6.45, 7) is 1.69. The Kier molecular flexibility index (Phi) is 5.61. The maximum absolute atomic E-state index is 13.0. The van der Waals surface area contributed by atoms with E-state index < -0.39 is 16.1 Å². The number of thiophene rings is 1. The first kappa shape index (κ1) is 20.5. The van der Waals surface area contributed by atoms with Gasteiger partial charge in [0.25, 0.3) is 11.2 Å². The molecule has 0 aliphatic heterocycles. The molecule has 2 heterocycles. The number of carbonyl (C=O) groups is 1. The third kappa shape index (κ3) is 3.72. The van der Waals surface area contributed by atoms with Gasteiger partial charge in [0.15, 0.2) is 5.16 Å². The van der Waals surface area contributed by atoms with Crippen LogP contribution in [0, 0.1) is 10.1 Å². The van der Waals surface area contributed by atoms with Crippen LogP contribution >= 0.6 is 23.1 Å². The molecule has 8 nitrogen and oxygen atoms in total. The van der Waals surface area contributed by atoms with Crippen LogP contribution in [0.5, 0.6) is 0 Å².